The summed E-state index contributed by atoms with van der Waals surface area (Å²) in [5, 5.41) is 3.00. The number of carbonyl (C=O) groups is 1. The quantitative estimate of drug-likeness (QED) is 0.884. The average Bonchev–Trinajstić information content (AvgIpc) is 3.02. The van der Waals surface area contributed by atoms with E-state index >= 15 is 0 Å². The molecule has 0 aliphatic heterocycles. The summed E-state index contributed by atoms with van der Waals surface area (Å²) in [5.74, 6) is -0.0223. The molecule has 1 aliphatic rings. The number of amides is 1. The van der Waals surface area contributed by atoms with E-state index in [0.717, 1.165) is 12.8 Å². The van der Waals surface area contributed by atoms with Gasteiger partial charge in [-0.05, 0) is 50.3 Å². The minimum absolute atomic E-state index is 0. The number of hydrogen-bond acceptors (Lipinski definition) is 2. The highest BCUT2D eigenvalue weighted by atomic mass is 35.5. The number of nitrogens with two attached hydrogens (primary N) is 1. The smallest absolute Gasteiger partial charge is 0.240 e. The number of halogens is 1. The number of aryl methyl sites for hydroxylation is 1. The second kappa shape index (κ2) is 5.29. The molecule has 1 aromatic rings. The zero-order valence-electron chi connectivity index (χ0n) is 11.1. The van der Waals surface area contributed by atoms with Crippen molar-refractivity contribution in [2.45, 2.75) is 45.2 Å². The van der Waals surface area contributed by atoms with Gasteiger partial charge in [-0.1, -0.05) is 18.2 Å². The lowest BCUT2D eigenvalue weighted by atomic mass is 9.98. The summed E-state index contributed by atoms with van der Waals surface area (Å²) < 4.78 is 0. The highest BCUT2D eigenvalue weighted by molar-refractivity contribution is 5.89. The zero-order chi connectivity index (χ0) is 12.6. The lowest BCUT2D eigenvalue weighted by Crippen LogP contribution is -2.43. The van der Waals surface area contributed by atoms with Gasteiger partial charge in [-0.2, -0.15) is 0 Å². The molecule has 3 N–H and O–H groups in total. The van der Waals surface area contributed by atoms with E-state index in [1.165, 1.54) is 16.7 Å². The Labute approximate surface area is 115 Å². The van der Waals surface area contributed by atoms with Crippen molar-refractivity contribution in [2.24, 2.45) is 5.73 Å². The van der Waals surface area contributed by atoms with Crippen LogP contribution in [0.1, 0.15) is 42.5 Å². The Balaban J connectivity index is 0.00000162. The molecule has 2 rings (SSSR count). The van der Waals surface area contributed by atoms with Crippen molar-refractivity contribution in [1.29, 1.82) is 0 Å². The Morgan fingerprint density at radius 3 is 2.56 bits per heavy atom. The van der Waals surface area contributed by atoms with Crippen molar-refractivity contribution in [2.75, 3.05) is 0 Å². The largest absolute Gasteiger partial charge is 0.348 e. The van der Waals surface area contributed by atoms with Crippen molar-refractivity contribution in [1.82, 2.24) is 5.32 Å². The monoisotopic (exact) mass is 268 g/mol. The Hall–Kier alpha value is -1.06. The minimum Gasteiger partial charge on any atom is -0.348 e. The third-order valence-electron chi connectivity index (χ3n) is 3.70. The standard InChI is InChI=1S/C14H20N2O.ClH/c1-9-5-4-6-12(10(9)2)11(3)16-13(17)14(15)7-8-14;/h4-6,11H,7-8,15H2,1-3H3,(H,16,17);1H. The molecule has 1 amide bonds. The molecule has 0 bridgehead atoms. The van der Waals surface area contributed by atoms with Gasteiger partial charge >= 0.3 is 0 Å². The van der Waals surface area contributed by atoms with Crippen LogP contribution < -0.4 is 11.1 Å². The predicted octanol–water partition coefficient (Wildman–Crippen LogP) is 2.39. The number of benzene rings is 1. The average molecular weight is 269 g/mol. The molecule has 1 aliphatic carbocycles. The zero-order valence-corrected chi connectivity index (χ0v) is 11.9. The first-order valence-electron chi connectivity index (χ1n) is 6.10. The van der Waals surface area contributed by atoms with Gasteiger partial charge < -0.3 is 11.1 Å². The van der Waals surface area contributed by atoms with Gasteiger partial charge in [0, 0.05) is 0 Å². The van der Waals surface area contributed by atoms with E-state index < -0.39 is 5.54 Å². The van der Waals surface area contributed by atoms with Crippen LogP contribution in [0.5, 0.6) is 0 Å². The van der Waals surface area contributed by atoms with Crippen LogP contribution in [0, 0.1) is 13.8 Å². The molecule has 3 nitrogen and oxygen atoms in total. The summed E-state index contributed by atoms with van der Waals surface area (Å²) >= 11 is 0. The van der Waals surface area contributed by atoms with Crippen molar-refractivity contribution in [3.63, 3.8) is 0 Å². The Morgan fingerprint density at radius 1 is 1.39 bits per heavy atom. The van der Waals surface area contributed by atoms with E-state index in [1.54, 1.807) is 0 Å². The van der Waals surface area contributed by atoms with Gasteiger partial charge in [0.15, 0.2) is 0 Å². The molecule has 1 atom stereocenters. The molecule has 0 radical (unpaired) electrons. The van der Waals surface area contributed by atoms with Crippen molar-refractivity contribution in [3.8, 4) is 0 Å². The molecule has 0 heterocycles. The normalized spacial score (nSPS) is 17.6. The van der Waals surface area contributed by atoms with Crippen LogP contribution in [0.25, 0.3) is 0 Å². The fourth-order valence-corrected chi connectivity index (χ4v) is 2.02. The van der Waals surface area contributed by atoms with E-state index in [9.17, 15) is 4.79 Å². The molecule has 0 saturated heterocycles. The van der Waals surface area contributed by atoms with Gasteiger partial charge in [0.2, 0.25) is 5.91 Å². The number of carbonyl (C=O) groups excluding carboxylic acids is 1. The molecule has 0 aromatic heterocycles. The second-order valence-corrected chi connectivity index (χ2v) is 5.14. The van der Waals surface area contributed by atoms with Gasteiger partial charge in [0.05, 0.1) is 11.6 Å². The molecule has 0 spiro atoms. The van der Waals surface area contributed by atoms with E-state index in [1.807, 2.05) is 13.0 Å². The molecule has 1 unspecified atom stereocenters. The van der Waals surface area contributed by atoms with E-state index in [-0.39, 0.29) is 24.4 Å². The molecule has 100 valence electrons. The number of rotatable bonds is 3. The van der Waals surface area contributed by atoms with Crippen LogP contribution in [-0.2, 0) is 4.79 Å². The van der Waals surface area contributed by atoms with Gasteiger partial charge in [0.1, 0.15) is 0 Å². The summed E-state index contributed by atoms with van der Waals surface area (Å²) in [6.07, 6.45) is 1.61. The van der Waals surface area contributed by atoms with Crippen LogP contribution in [0.4, 0.5) is 0 Å². The summed E-state index contributed by atoms with van der Waals surface area (Å²) in [6, 6.07) is 6.18. The maximum atomic E-state index is 11.9. The van der Waals surface area contributed by atoms with Gasteiger partial charge in [-0.25, -0.2) is 0 Å². The maximum absolute atomic E-state index is 11.9. The van der Waals surface area contributed by atoms with Crippen LogP contribution in [-0.4, -0.2) is 11.4 Å². The van der Waals surface area contributed by atoms with Gasteiger partial charge in [-0.3, -0.25) is 4.79 Å². The SMILES string of the molecule is Cc1cccc(C(C)NC(=O)C2(N)CC2)c1C.Cl. The predicted molar refractivity (Wildman–Crippen MR) is 75.9 cm³/mol. The van der Waals surface area contributed by atoms with Crippen molar-refractivity contribution in [3.05, 3.63) is 34.9 Å². The lowest BCUT2D eigenvalue weighted by Gasteiger charge is -2.20. The lowest BCUT2D eigenvalue weighted by molar-refractivity contribution is -0.123. The van der Waals surface area contributed by atoms with E-state index in [2.05, 4.69) is 31.3 Å². The van der Waals surface area contributed by atoms with Crippen LogP contribution in [0.3, 0.4) is 0 Å². The first-order valence-corrected chi connectivity index (χ1v) is 6.10. The molecule has 1 fully saturated rings. The van der Waals surface area contributed by atoms with Crippen molar-refractivity contribution >= 4 is 18.3 Å². The fraction of sp³-hybridized carbons (Fsp3) is 0.500. The number of hydrogen-bond donors (Lipinski definition) is 2. The summed E-state index contributed by atoms with van der Waals surface area (Å²) in [4.78, 5) is 11.9. The highest BCUT2D eigenvalue weighted by Crippen LogP contribution is 2.33. The van der Waals surface area contributed by atoms with Gasteiger partial charge in [0.25, 0.3) is 0 Å². The molecular formula is C14H21ClN2O. The summed E-state index contributed by atoms with van der Waals surface area (Å²) in [7, 11) is 0. The maximum Gasteiger partial charge on any atom is 0.240 e. The topological polar surface area (TPSA) is 55.1 Å². The summed E-state index contributed by atoms with van der Waals surface area (Å²) in [5.41, 5.74) is 8.94. The molecular weight excluding hydrogens is 248 g/mol. The van der Waals surface area contributed by atoms with E-state index in [4.69, 9.17) is 5.73 Å². The molecule has 18 heavy (non-hydrogen) atoms. The Kier molecular flexibility index (Phi) is 4.41. The van der Waals surface area contributed by atoms with Crippen molar-refractivity contribution < 1.29 is 4.79 Å². The Bertz CT molecular complexity index is 455. The molecule has 1 aromatic carbocycles. The summed E-state index contributed by atoms with van der Waals surface area (Å²) in [6.45, 7) is 6.17. The van der Waals surface area contributed by atoms with Gasteiger partial charge in [-0.15, -0.1) is 12.4 Å². The first-order chi connectivity index (χ1) is 7.94. The van der Waals surface area contributed by atoms with E-state index in [0.29, 0.717) is 0 Å². The first kappa shape index (κ1) is 15.0. The Morgan fingerprint density at radius 2 is 2.00 bits per heavy atom. The third-order valence-corrected chi connectivity index (χ3v) is 3.70. The van der Waals surface area contributed by atoms with Crippen LogP contribution in [0.2, 0.25) is 0 Å². The van der Waals surface area contributed by atoms with Crippen LogP contribution >= 0.6 is 12.4 Å². The number of nitrogens with one attached hydrogen (secondary N) is 1. The fourth-order valence-electron chi connectivity index (χ4n) is 2.02. The molecule has 1 saturated carbocycles. The van der Waals surface area contributed by atoms with Crippen LogP contribution in [0.15, 0.2) is 18.2 Å². The second-order valence-electron chi connectivity index (χ2n) is 5.14. The minimum atomic E-state index is -0.591. The molecule has 4 heteroatoms. The third kappa shape index (κ3) is 2.85. The highest BCUT2D eigenvalue weighted by Gasteiger charge is 2.46.